The Morgan fingerprint density at radius 2 is 1.45 bits per heavy atom. The zero-order valence-corrected chi connectivity index (χ0v) is 22.8. The van der Waals surface area contributed by atoms with Gasteiger partial charge in [0.1, 0.15) is 5.78 Å². The number of aliphatic carboxylic acids is 1. The zero-order valence-electron chi connectivity index (χ0n) is 21.2. The molecule has 9 heteroatoms. The van der Waals surface area contributed by atoms with E-state index in [1.165, 1.54) is 29.6 Å². The molecule has 2 aromatic heterocycles. The summed E-state index contributed by atoms with van der Waals surface area (Å²) in [5, 5.41) is 10.7. The number of ketones is 3. The Bertz CT molecular complexity index is 1510. The van der Waals surface area contributed by atoms with Crippen LogP contribution in [-0.2, 0) is 16.0 Å². The van der Waals surface area contributed by atoms with E-state index in [-0.39, 0.29) is 43.0 Å². The summed E-state index contributed by atoms with van der Waals surface area (Å²) in [6.45, 7) is 1.95. The first-order valence-electron chi connectivity index (χ1n) is 12.3. The highest BCUT2D eigenvalue weighted by atomic mass is 32.1. The summed E-state index contributed by atoms with van der Waals surface area (Å²) in [7, 11) is 1.58. The third-order valence-corrected chi connectivity index (χ3v) is 8.37. The number of methoxy groups -OCH3 is 1. The Morgan fingerprint density at radius 3 is 2.11 bits per heavy atom. The van der Waals surface area contributed by atoms with Crippen LogP contribution in [0.5, 0.6) is 11.5 Å². The molecule has 0 aliphatic heterocycles. The summed E-state index contributed by atoms with van der Waals surface area (Å²) in [5.41, 5.74) is 1.12. The van der Waals surface area contributed by atoms with Gasteiger partial charge in [0.05, 0.1) is 29.9 Å². The molecule has 2 aromatic carbocycles. The molecule has 0 spiro atoms. The maximum atomic E-state index is 12.4. The molecule has 0 aliphatic carbocycles. The molecule has 38 heavy (non-hydrogen) atoms. The fourth-order valence-corrected chi connectivity index (χ4v) is 6.11. The number of aryl methyl sites for hydroxylation is 1. The van der Waals surface area contributed by atoms with Crippen molar-refractivity contribution in [3.8, 4) is 11.5 Å². The van der Waals surface area contributed by atoms with Gasteiger partial charge in [-0.3, -0.25) is 14.4 Å². The summed E-state index contributed by atoms with van der Waals surface area (Å²) in [6, 6.07) is 13.5. The lowest BCUT2D eigenvalue weighted by Crippen LogP contribution is -2.01. The van der Waals surface area contributed by atoms with E-state index in [9.17, 15) is 19.2 Å². The second-order valence-corrected chi connectivity index (χ2v) is 11.2. The number of carboxylic acid groups (broad SMARTS) is 1. The normalized spacial score (nSPS) is 11.1. The van der Waals surface area contributed by atoms with Crippen LogP contribution in [-0.4, -0.2) is 42.1 Å². The Labute approximate surface area is 228 Å². The maximum Gasteiger partial charge on any atom is 0.303 e. The van der Waals surface area contributed by atoms with Crippen LogP contribution in [0.3, 0.4) is 0 Å². The van der Waals surface area contributed by atoms with Gasteiger partial charge in [0.2, 0.25) is 0 Å². The molecule has 4 aromatic rings. The van der Waals surface area contributed by atoms with E-state index in [1.807, 2.05) is 36.4 Å². The number of ether oxygens (including phenoxy) is 2. The third-order valence-electron chi connectivity index (χ3n) is 6.07. The molecule has 7 nitrogen and oxygen atoms in total. The molecule has 2 heterocycles. The van der Waals surface area contributed by atoms with Gasteiger partial charge in [0.25, 0.3) is 0 Å². The Hall–Kier alpha value is -3.56. The lowest BCUT2D eigenvalue weighted by atomic mass is 10.1. The average Bonchev–Trinajstić information content (AvgIpc) is 3.51. The number of thiophene rings is 2. The zero-order chi connectivity index (χ0) is 27.2. The molecule has 0 bridgehead atoms. The number of rotatable bonds is 14. The van der Waals surface area contributed by atoms with Crippen LogP contribution in [0, 0.1) is 0 Å². The van der Waals surface area contributed by atoms with Crippen molar-refractivity contribution in [3.05, 3.63) is 57.8 Å². The largest absolute Gasteiger partial charge is 0.493 e. The highest BCUT2D eigenvalue weighted by Crippen LogP contribution is 2.37. The molecule has 0 radical (unpaired) electrons. The van der Waals surface area contributed by atoms with Gasteiger partial charge in [0.15, 0.2) is 23.1 Å². The van der Waals surface area contributed by atoms with Crippen molar-refractivity contribution in [2.75, 3.05) is 13.7 Å². The van der Waals surface area contributed by atoms with Gasteiger partial charge in [-0.05, 0) is 60.4 Å². The van der Waals surface area contributed by atoms with Crippen LogP contribution in [0.15, 0.2) is 42.5 Å². The number of benzene rings is 2. The van der Waals surface area contributed by atoms with Crippen molar-refractivity contribution < 1.29 is 33.8 Å². The fourth-order valence-electron chi connectivity index (χ4n) is 4.06. The predicted molar refractivity (Wildman–Crippen MR) is 149 cm³/mol. The lowest BCUT2D eigenvalue weighted by Gasteiger charge is -2.11. The first kappa shape index (κ1) is 27.5. The van der Waals surface area contributed by atoms with Crippen molar-refractivity contribution >= 4 is 66.2 Å². The number of carboxylic acids is 1. The van der Waals surface area contributed by atoms with Crippen molar-refractivity contribution in [2.24, 2.45) is 0 Å². The third kappa shape index (κ3) is 6.85. The van der Waals surface area contributed by atoms with E-state index in [4.69, 9.17) is 14.6 Å². The topological polar surface area (TPSA) is 107 Å². The maximum absolute atomic E-state index is 12.4. The summed E-state index contributed by atoms with van der Waals surface area (Å²) >= 11 is 2.77. The highest BCUT2D eigenvalue weighted by Gasteiger charge is 2.15. The number of carbonyl (C=O) groups excluding carboxylic acids is 3. The van der Waals surface area contributed by atoms with Crippen LogP contribution >= 0.6 is 22.7 Å². The lowest BCUT2D eigenvalue weighted by molar-refractivity contribution is -0.137. The monoisotopic (exact) mass is 552 g/mol. The van der Waals surface area contributed by atoms with E-state index in [1.54, 1.807) is 7.11 Å². The molecular weight excluding hydrogens is 524 g/mol. The number of carbonyl (C=O) groups is 4. The van der Waals surface area contributed by atoms with Crippen molar-refractivity contribution in [1.82, 2.24) is 0 Å². The van der Waals surface area contributed by atoms with E-state index in [0.717, 1.165) is 38.6 Å². The molecular formula is C29H28O7S2. The first-order chi connectivity index (χ1) is 18.2. The number of fused-ring (bicyclic) bond motifs is 2. The minimum atomic E-state index is -0.974. The molecule has 0 fully saturated rings. The first-order valence-corrected chi connectivity index (χ1v) is 13.9. The van der Waals surface area contributed by atoms with E-state index in [2.05, 4.69) is 6.07 Å². The van der Waals surface area contributed by atoms with Gasteiger partial charge in [-0.25, -0.2) is 0 Å². The molecule has 198 valence electrons. The van der Waals surface area contributed by atoms with E-state index < -0.39 is 5.97 Å². The Balaban J connectivity index is 1.36. The van der Waals surface area contributed by atoms with Gasteiger partial charge >= 0.3 is 5.97 Å². The SMILES string of the molecule is COc1cc2sc(C(=O)CCC(C)=O)cc2cc1OCCCc1ccc2sc(C(=O)CCC(=O)O)cc2c1. The van der Waals surface area contributed by atoms with Crippen molar-refractivity contribution in [2.45, 2.75) is 45.4 Å². The minimum absolute atomic E-state index is 0.0000992. The smallest absolute Gasteiger partial charge is 0.303 e. The Kier molecular flexibility index (Phi) is 8.91. The molecule has 0 amide bonds. The summed E-state index contributed by atoms with van der Waals surface area (Å²) in [5.74, 6) is 0.0488. The molecule has 0 aliphatic rings. The minimum Gasteiger partial charge on any atom is -0.493 e. The molecule has 0 saturated heterocycles. The number of Topliss-reactive ketones (excluding diaryl/α,β-unsaturated/α-hetero) is 3. The molecule has 1 N–H and O–H groups in total. The van der Waals surface area contributed by atoms with Crippen LogP contribution < -0.4 is 9.47 Å². The standard InChI is InChI=1S/C29H28O7S2/c1-17(30)5-7-21(31)28-15-20-13-24(23(35-2)16-26(20)38-28)36-11-3-4-18-6-9-25-19(12-18)14-27(37-25)22(32)8-10-29(33)34/h6,9,12-16H,3-5,7-8,10-11H2,1-2H3,(H,33,34). The molecule has 4 rings (SSSR count). The van der Waals surface area contributed by atoms with Crippen LogP contribution in [0.25, 0.3) is 20.2 Å². The highest BCUT2D eigenvalue weighted by molar-refractivity contribution is 7.21. The summed E-state index contributed by atoms with van der Waals surface area (Å²) in [6.07, 6.45) is 1.84. The number of hydrogen-bond acceptors (Lipinski definition) is 8. The average molecular weight is 553 g/mol. The molecule has 0 atom stereocenters. The molecule has 0 unspecified atom stereocenters. The second kappa shape index (κ2) is 12.3. The van der Waals surface area contributed by atoms with Gasteiger partial charge in [0, 0.05) is 34.7 Å². The summed E-state index contributed by atoms with van der Waals surface area (Å²) < 4.78 is 13.5. The summed E-state index contributed by atoms with van der Waals surface area (Å²) in [4.78, 5) is 47.9. The van der Waals surface area contributed by atoms with Crippen molar-refractivity contribution in [1.29, 1.82) is 0 Å². The van der Waals surface area contributed by atoms with Crippen molar-refractivity contribution in [3.63, 3.8) is 0 Å². The fraction of sp³-hybridized carbons (Fsp3) is 0.310. The van der Waals surface area contributed by atoms with Crippen LogP contribution in [0.4, 0.5) is 0 Å². The van der Waals surface area contributed by atoms with Gasteiger partial charge in [-0.2, -0.15) is 0 Å². The number of hydrogen-bond donors (Lipinski definition) is 1. The van der Waals surface area contributed by atoms with Gasteiger partial charge in [-0.1, -0.05) is 12.1 Å². The Morgan fingerprint density at radius 1 is 0.789 bits per heavy atom. The molecule has 0 saturated carbocycles. The van der Waals surface area contributed by atoms with Gasteiger partial charge in [-0.15, -0.1) is 22.7 Å². The van der Waals surface area contributed by atoms with E-state index >= 15 is 0 Å². The second-order valence-electron chi connectivity index (χ2n) is 9.03. The quantitative estimate of drug-likeness (QED) is 0.136. The predicted octanol–water partition coefficient (Wildman–Crippen LogP) is 6.74. The van der Waals surface area contributed by atoms with Crippen LogP contribution in [0.2, 0.25) is 0 Å². The van der Waals surface area contributed by atoms with Gasteiger partial charge < -0.3 is 19.4 Å². The van der Waals surface area contributed by atoms with E-state index in [0.29, 0.717) is 27.9 Å². The van der Waals surface area contributed by atoms with Crippen LogP contribution in [0.1, 0.15) is 63.9 Å².